The van der Waals surface area contributed by atoms with E-state index in [1.165, 1.54) is 12.8 Å². The summed E-state index contributed by atoms with van der Waals surface area (Å²) in [5.41, 5.74) is 0.262. The lowest BCUT2D eigenvalue weighted by Crippen LogP contribution is -2.40. The molecule has 2 atom stereocenters. The summed E-state index contributed by atoms with van der Waals surface area (Å²) in [7, 11) is 0. The predicted octanol–water partition coefficient (Wildman–Crippen LogP) is 3.12. The zero-order chi connectivity index (χ0) is 12.0. The number of thiophene rings is 1. The Bertz CT molecular complexity index is 282. The molecule has 0 saturated heterocycles. The number of hydrogen-bond acceptors (Lipinski definition) is 3. The van der Waals surface area contributed by atoms with Crippen molar-refractivity contribution in [3.8, 4) is 0 Å². The van der Waals surface area contributed by atoms with Gasteiger partial charge in [0.2, 0.25) is 0 Å². The second-order valence-corrected chi connectivity index (χ2v) is 5.34. The third-order valence-electron chi connectivity index (χ3n) is 3.01. The Kier molecular flexibility index (Phi) is 5.46. The molecule has 1 heterocycles. The molecule has 0 bridgehead atoms. The van der Waals surface area contributed by atoms with E-state index in [0.717, 1.165) is 12.0 Å². The third-order valence-corrected chi connectivity index (χ3v) is 3.69. The fourth-order valence-electron chi connectivity index (χ4n) is 1.82. The minimum atomic E-state index is -0.749. The Morgan fingerprint density at radius 2 is 2.25 bits per heavy atom. The van der Waals surface area contributed by atoms with Crippen molar-refractivity contribution >= 4 is 11.3 Å². The van der Waals surface area contributed by atoms with Gasteiger partial charge in [0, 0.05) is 12.6 Å². The van der Waals surface area contributed by atoms with E-state index in [4.69, 9.17) is 0 Å². The maximum absolute atomic E-state index is 10.3. The van der Waals surface area contributed by atoms with E-state index in [0.29, 0.717) is 12.6 Å². The molecule has 3 heteroatoms. The number of hydrogen-bond donors (Lipinski definition) is 2. The Balaban J connectivity index is 2.47. The highest BCUT2D eigenvalue weighted by atomic mass is 32.1. The molecule has 0 saturated carbocycles. The van der Waals surface area contributed by atoms with E-state index in [1.807, 2.05) is 23.8 Å². The summed E-state index contributed by atoms with van der Waals surface area (Å²) in [6.07, 6.45) is 3.48. The van der Waals surface area contributed by atoms with Crippen LogP contribution in [-0.4, -0.2) is 17.7 Å². The fraction of sp³-hybridized carbons (Fsp3) is 0.692. The molecule has 92 valence electrons. The Labute approximate surface area is 103 Å². The van der Waals surface area contributed by atoms with Gasteiger partial charge < -0.3 is 10.4 Å². The lowest BCUT2D eigenvalue weighted by atomic mass is 9.98. The molecule has 0 amide bonds. The summed E-state index contributed by atoms with van der Waals surface area (Å²) in [4.78, 5) is 0. The van der Waals surface area contributed by atoms with Gasteiger partial charge in [0.05, 0.1) is 5.60 Å². The van der Waals surface area contributed by atoms with Gasteiger partial charge in [0.25, 0.3) is 0 Å². The molecule has 1 aromatic heterocycles. The van der Waals surface area contributed by atoms with Crippen LogP contribution in [0.1, 0.15) is 45.6 Å². The molecule has 0 spiro atoms. The summed E-state index contributed by atoms with van der Waals surface area (Å²) in [5.74, 6) is 0. The van der Waals surface area contributed by atoms with Gasteiger partial charge >= 0.3 is 0 Å². The largest absolute Gasteiger partial charge is 0.384 e. The number of rotatable bonds is 7. The lowest BCUT2D eigenvalue weighted by Gasteiger charge is -2.26. The molecular weight excluding hydrogens is 218 g/mol. The molecule has 0 aliphatic carbocycles. The van der Waals surface area contributed by atoms with Crippen LogP contribution in [0.4, 0.5) is 0 Å². The molecule has 1 aromatic rings. The van der Waals surface area contributed by atoms with Crippen LogP contribution in [0.5, 0.6) is 0 Å². The zero-order valence-corrected chi connectivity index (χ0v) is 11.3. The highest BCUT2D eigenvalue weighted by Gasteiger charge is 2.23. The SMILES string of the molecule is CCCC(CC)NCC(C)(O)c1ccsc1. The second kappa shape index (κ2) is 6.38. The first-order valence-corrected chi connectivity index (χ1v) is 7.02. The summed E-state index contributed by atoms with van der Waals surface area (Å²) in [5, 5.41) is 17.8. The Morgan fingerprint density at radius 3 is 2.75 bits per heavy atom. The highest BCUT2D eigenvalue weighted by molar-refractivity contribution is 7.08. The summed E-state index contributed by atoms with van der Waals surface area (Å²) < 4.78 is 0. The topological polar surface area (TPSA) is 32.3 Å². The van der Waals surface area contributed by atoms with Crippen LogP contribution in [0.3, 0.4) is 0 Å². The van der Waals surface area contributed by atoms with Gasteiger partial charge in [-0.05, 0) is 42.2 Å². The van der Waals surface area contributed by atoms with Crippen molar-refractivity contribution in [3.05, 3.63) is 22.4 Å². The lowest BCUT2D eigenvalue weighted by molar-refractivity contribution is 0.0537. The van der Waals surface area contributed by atoms with Crippen molar-refractivity contribution in [2.45, 2.75) is 51.7 Å². The minimum Gasteiger partial charge on any atom is -0.384 e. The standard InChI is InChI=1S/C13H23NOS/c1-4-6-12(5-2)14-10-13(3,15)11-7-8-16-9-11/h7-9,12,14-15H,4-6,10H2,1-3H3. The van der Waals surface area contributed by atoms with Gasteiger partial charge in [-0.25, -0.2) is 0 Å². The molecule has 16 heavy (non-hydrogen) atoms. The summed E-state index contributed by atoms with van der Waals surface area (Å²) in [6.45, 7) is 6.89. The quantitative estimate of drug-likeness (QED) is 0.768. The van der Waals surface area contributed by atoms with E-state index in [9.17, 15) is 5.11 Å². The first-order valence-electron chi connectivity index (χ1n) is 6.08. The first-order chi connectivity index (χ1) is 7.60. The molecule has 2 unspecified atom stereocenters. The molecular formula is C13H23NOS. The van der Waals surface area contributed by atoms with Gasteiger partial charge in [0.15, 0.2) is 0 Å². The fourth-order valence-corrected chi connectivity index (χ4v) is 2.60. The predicted molar refractivity (Wildman–Crippen MR) is 70.9 cm³/mol. The van der Waals surface area contributed by atoms with E-state index < -0.39 is 5.60 Å². The number of aliphatic hydroxyl groups is 1. The number of nitrogens with one attached hydrogen (secondary N) is 1. The molecule has 0 fully saturated rings. The van der Waals surface area contributed by atoms with Gasteiger partial charge in [-0.3, -0.25) is 0 Å². The van der Waals surface area contributed by atoms with Gasteiger partial charge in [-0.2, -0.15) is 11.3 Å². The van der Waals surface area contributed by atoms with Crippen molar-refractivity contribution in [2.24, 2.45) is 0 Å². The maximum Gasteiger partial charge on any atom is 0.1000 e. The monoisotopic (exact) mass is 241 g/mol. The van der Waals surface area contributed by atoms with Gasteiger partial charge in [-0.1, -0.05) is 20.3 Å². The normalized spacial score (nSPS) is 17.0. The van der Waals surface area contributed by atoms with Crippen LogP contribution in [0, 0.1) is 0 Å². The molecule has 0 radical (unpaired) electrons. The Hall–Kier alpha value is -0.380. The van der Waals surface area contributed by atoms with Crippen LogP contribution in [0.2, 0.25) is 0 Å². The van der Waals surface area contributed by atoms with Crippen LogP contribution in [-0.2, 0) is 5.60 Å². The average molecular weight is 241 g/mol. The van der Waals surface area contributed by atoms with Crippen LogP contribution in [0.25, 0.3) is 0 Å². The molecule has 0 aromatic carbocycles. The Morgan fingerprint density at radius 1 is 1.50 bits per heavy atom. The van der Waals surface area contributed by atoms with E-state index in [2.05, 4.69) is 19.2 Å². The summed E-state index contributed by atoms with van der Waals surface area (Å²) in [6, 6.07) is 2.52. The minimum absolute atomic E-state index is 0.523. The third kappa shape index (κ3) is 3.89. The molecule has 2 N–H and O–H groups in total. The highest BCUT2D eigenvalue weighted by Crippen LogP contribution is 2.22. The van der Waals surface area contributed by atoms with Crippen LogP contribution in [0.15, 0.2) is 16.8 Å². The van der Waals surface area contributed by atoms with Crippen molar-refractivity contribution in [2.75, 3.05) is 6.54 Å². The van der Waals surface area contributed by atoms with E-state index in [1.54, 1.807) is 11.3 Å². The smallest absolute Gasteiger partial charge is 0.1000 e. The maximum atomic E-state index is 10.3. The first kappa shape index (κ1) is 13.7. The van der Waals surface area contributed by atoms with Gasteiger partial charge in [-0.15, -0.1) is 0 Å². The van der Waals surface area contributed by atoms with Crippen molar-refractivity contribution in [3.63, 3.8) is 0 Å². The van der Waals surface area contributed by atoms with Crippen molar-refractivity contribution in [1.82, 2.24) is 5.32 Å². The van der Waals surface area contributed by atoms with Crippen LogP contribution < -0.4 is 5.32 Å². The molecule has 1 rings (SSSR count). The van der Waals surface area contributed by atoms with E-state index in [-0.39, 0.29) is 0 Å². The molecule has 0 aliphatic heterocycles. The molecule has 2 nitrogen and oxygen atoms in total. The second-order valence-electron chi connectivity index (χ2n) is 4.56. The van der Waals surface area contributed by atoms with Crippen molar-refractivity contribution in [1.29, 1.82) is 0 Å². The molecule has 0 aliphatic rings. The summed E-state index contributed by atoms with van der Waals surface area (Å²) >= 11 is 1.63. The van der Waals surface area contributed by atoms with E-state index >= 15 is 0 Å². The van der Waals surface area contributed by atoms with Crippen LogP contribution >= 0.6 is 11.3 Å². The average Bonchev–Trinajstić information content (AvgIpc) is 2.78. The zero-order valence-electron chi connectivity index (χ0n) is 10.5. The van der Waals surface area contributed by atoms with Gasteiger partial charge in [0.1, 0.15) is 0 Å². The van der Waals surface area contributed by atoms with Crippen molar-refractivity contribution < 1.29 is 5.11 Å².